The van der Waals surface area contributed by atoms with Gasteiger partial charge < -0.3 is 9.67 Å². The summed E-state index contributed by atoms with van der Waals surface area (Å²) < 4.78 is 1.66. The molecule has 0 fully saturated rings. The summed E-state index contributed by atoms with van der Waals surface area (Å²) in [5.41, 5.74) is 0. The smallest absolute Gasteiger partial charge is 0.305 e. The Bertz CT molecular complexity index is 276. The minimum atomic E-state index is -0.834. The molecule has 0 amide bonds. The molecular formula is C7H9ClN2O2. The predicted octanol–water partition coefficient (Wildman–Crippen LogP) is 1.32. The minimum Gasteiger partial charge on any atom is -0.481 e. The van der Waals surface area contributed by atoms with Gasteiger partial charge in [-0.1, -0.05) is 11.6 Å². The van der Waals surface area contributed by atoms with Crippen LogP contribution in [0.25, 0.3) is 0 Å². The highest BCUT2D eigenvalue weighted by Gasteiger charge is 2.05. The number of carbonyl (C=O) groups is 1. The van der Waals surface area contributed by atoms with Gasteiger partial charge in [0.1, 0.15) is 11.0 Å². The summed E-state index contributed by atoms with van der Waals surface area (Å²) in [6, 6.07) is 0. The van der Waals surface area contributed by atoms with E-state index >= 15 is 0 Å². The van der Waals surface area contributed by atoms with Crippen molar-refractivity contribution in [1.29, 1.82) is 0 Å². The molecule has 0 aliphatic rings. The molecule has 0 aliphatic carbocycles. The predicted molar refractivity (Wildman–Crippen MR) is 44.2 cm³/mol. The van der Waals surface area contributed by atoms with Gasteiger partial charge in [-0.05, 0) is 6.92 Å². The summed E-state index contributed by atoms with van der Waals surface area (Å²) in [6.07, 6.45) is 1.58. The molecule has 1 aromatic rings. The van der Waals surface area contributed by atoms with Gasteiger partial charge >= 0.3 is 5.97 Å². The maximum absolute atomic E-state index is 10.2. The fraction of sp³-hybridized carbons (Fsp3) is 0.429. The molecule has 1 N–H and O–H groups in total. The van der Waals surface area contributed by atoms with Crippen LogP contribution in [-0.2, 0) is 11.3 Å². The summed E-state index contributed by atoms with van der Waals surface area (Å²) in [4.78, 5) is 14.2. The van der Waals surface area contributed by atoms with E-state index in [2.05, 4.69) is 4.98 Å². The molecule has 1 heterocycles. The fourth-order valence-corrected chi connectivity index (χ4v) is 1.17. The molecule has 0 aromatic carbocycles. The van der Waals surface area contributed by atoms with Gasteiger partial charge in [-0.2, -0.15) is 0 Å². The van der Waals surface area contributed by atoms with E-state index in [1.165, 1.54) is 6.20 Å². The second-order valence-electron chi connectivity index (χ2n) is 2.42. The first-order valence-electron chi connectivity index (χ1n) is 3.50. The summed E-state index contributed by atoms with van der Waals surface area (Å²) >= 11 is 5.74. The number of hydrogen-bond donors (Lipinski definition) is 1. The van der Waals surface area contributed by atoms with Gasteiger partial charge in [-0.3, -0.25) is 4.79 Å². The van der Waals surface area contributed by atoms with E-state index in [9.17, 15) is 4.79 Å². The van der Waals surface area contributed by atoms with Crippen LogP contribution in [0.4, 0.5) is 0 Å². The molecule has 1 rings (SSSR count). The molecule has 66 valence electrons. The quantitative estimate of drug-likeness (QED) is 0.779. The first kappa shape index (κ1) is 9.06. The molecule has 4 nitrogen and oxygen atoms in total. The van der Waals surface area contributed by atoms with Gasteiger partial charge in [0.2, 0.25) is 0 Å². The highest BCUT2D eigenvalue weighted by Crippen LogP contribution is 2.11. The lowest BCUT2D eigenvalue weighted by atomic mass is 10.4. The Hall–Kier alpha value is -1.03. The number of halogens is 1. The average Bonchev–Trinajstić information content (AvgIpc) is 2.28. The number of aromatic nitrogens is 2. The monoisotopic (exact) mass is 188 g/mol. The number of nitrogens with zero attached hydrogens (tertiary/aromatic N) is 2. The zero-order valence-corrected chi connectivity index (χ0v) is 7.38. The van der Waals surface area contributed by atoms with E-state index in [0.717, 1.165) is 5.82 Å². The van der Waals surface area contributed by atoms with Gasteiger partial charge in [0.15, 0.2) is 0 Å². The SMILES string of the molecule is Cc1ncc(Cl)n1CCC(=O)O. The molecule has 0 unspecified atom stereocenters. The van der Waals surface area contributed by atoms with Crippen molar-refractivity contribution < 1.29 is 9.90 Å². The number of rotatable bonds is 3. The van der Waals surface area contributed by atoms with Crippen molar-refractivity contribution in [2.45, 2.75) is 19.9 Å². The van der Waals surface area contributed by atoms with E-state index in [4.69, 9.17) is 16.7 Å². The number of imidazole rings is 1. The van der Waals surface area contributed by atoms with Crippen LogP contribution >= 0.6 is 11.6 Å². The average molecular weight is 189 g/mol. The highest BCUT2D eigenvalue weighted by molar-refractivity contribution is 6.29. The molecule has 0 radical (unpaired) electrons. The van der Waals surface area contributed by atoms with E-state index in [1.54, 1.807) is 11.5 Å². The van der Waals surface area contributed by atoms with E-state index in [0.29, 0.717) is 11.7 Å². The van der Waals surface area contributed by atoms with Crippen molar-refractivity contribution in [3.63, 3.8) is 0 Å². The maximum atomic E-state index is 10.2. The lowest BCUT2D eigenvalue weighted by Gasteiger charge is -2.02. The first-order chi connectivity index (χ1) is 5.61. The molecule has 0 aliphatic heterocycles. The Balaban J connectivity index is 2.68. The third-order valence-corrected chi connectivity index (χ3v) is 1.86. The van der Waals surface area contributed by atoms with Crippen LogP contribution < -0.4 is 0 Å². The Morgan fingerprint density at radius 3 is 2.92 bits per heavy atom. The highest BCUT2D eigenvalue weighted by atomic mass is 35.5. The molecule has 1 aromatic heterocycles. The second kappa shape index (κ2) is 3.58. The number of aryl methyl sites for hydroxylation is 1. The molecule has 12 heavy (non-hydrogen) atoms. The summed E-state index contributed by atoms with van der Waals surface area (Å²) in [7, 11) is 0. The number of hydrogen-bond acceptors (Lipinski definition) is 2. The van der Waals surface area contributed by atoms with Gasteiger partial charge in [0, 0.05) is 6.54 Å². The molecule has 0 spiro atoms. The van der Waals surface area contributed by atoms with Crippen LogP contribution in [0.3, 0.4) is 0 Å². The molecule has 5 heteroatoms. The summed E-state index contributed by atoms with van der Waals surface area (Å²) in [5.74, 6) is -0.0968. The number of carboxylic acid groups (broad SMARTS) is 1. The lowest BCUT2D eigenvalue weighted by molar-refractivity contribution is -0.137. The normalized spacial score (nSPS) is 10.2. The molecule has 0 saturated carbocycles. The molecule has 0 saturated heterocycles. The van der Waals surface area contributed by atoms with Gasteiger partial charge in [-0.15, -0.1) is 0 Å². The second-order valence-corrected chi connectivity index (χ2v) is 2.81. The van der Waals surface area contributed by atoms with Crippen molar-refractivity contribution >= 4 is 17.6 Å². The maximum Gasteiger partial charge on any atom is 0.305 e. The Morgan fingerprint density at radius 2 is 2.50 bits per heavy atom. The largest absolute Gasteiger partial charge is 0.481 e. The van der Waals surface area contributed by atoms with Crippen molar-refractivity contribution in [3.8, 4) is 0 Å². The zero-order valence-electron chi connectivity index (χ0n) is 6.62. The van der Waals surface area contributed by atoms with Gasteiger partial charge in [0.25, 0.3) is 0 Å². The van der Waals surface area contributed by atoms with Crippen LogP contribution in [-0.4, -0.2) is 20.6 Å². The fourth-order valence-electron chi connectivity index (χ4n) is 0.917. The van der Waals surface area contributed by atoms with E-state index < -0.39 is 5.97 Å². The summed E-state index contributed by atoms with van der Waals surface area (Å²) in [6.45, 7) is 2.16. The standard InChI is InChI=1S/C7H9ClN2O2/c1-5-9-4-6(8)10(5)3-2-7(11)12/h4H,2-3H2,1H3,(H,11,12). The van der Waals surface area contributed by atoms with E-state index in [1.807, 2.05) is 0 Å². The lowest BCUT2D eigenvalue weighted by Crippen LogP contribution is -2.06. The summed E-state index contributed by atoms with van der Waals surface area (Å²) in [5, 5.41) is 8.90. The van der Waals surface area contributed by atoms with Crippen molar-refractivity contribution in [2.75, 3.05) is 0 Å². The van der Waals surface area contributed by atoms with Crippen LogP contribution in [0.2, 0.25) is 5.15 Å². The third-order valence-electron chi connectivity index (χ3n) is 1.56. The van der Waals surface area contributed by atoms with E-state index in [-0.39, 0.29) is 6.42 Å². The topological polar surface area (TPSA) is 55.1 Å². The van der Waals surface area contributed by atoms with Crippen LogP contribution in [0, 0.1) is 6.92 Å². The minimum absolute atomic E-state index is 0.0664. The van der Waals surface area contributed by atoms with Crippen molar-refractivity contribution in [3.05, 3.63) is 17.2 Å². The van der Waals surface area contributed by atoms with Crippen LogP contribution in [0.1, 0.15) is 12.2 Å². The number of carboxylic acids is 1. The Morgan fingerprint density at radius 1 is 1.83 bits per heavy atom. The Kier molecular flexibility index (Phi) is 2.70. The Labute approximate surface area is 74.8 Å². The van der Waals surface area contributed by atoms with Crippen molar-refractivity contribution in [1.82, 2.24) is 9.55 Å². The van der Waals surface area contributed by atoms with Crippen LogP contribution in [0.5, 0.6) is 0 Å². The number of aliphatic carboxylic acids is 1. The first-order valence-corrected chi connectivity index (χ1v) is 3.88. The zero-order chi connectivity index (χ0) is 9.14. The molecule has 0 atom stereocenters. The van der Waals surface area contributed by atoms with Crippen LogP contribution in [0.15, 0.2) is 6.20 Å². The third kappa shape index (κ3) is 1.98. The van der Waals surface area contributed by atoms with Crippen molar-refractivity contribution in [2.24, 2.45) is 0 Å². The molecule has 0 bridgehead atoms. The van der Waals surface area contributed by atoms with Gasteiger partial charge in [-0.25, -0.2) is 4.98 Å². The van der Waals surface area contributed by atoms with Gasteiger partial charge in [0.05, 0.1) is 12.6 Å². The molecular weight excluding hydrogens is 180 g/mol.